The van der Waals surface area contributed by atoms with Gasteiger partial charge in [-0.15, -0.1) is 0 Å². The van der Waals surface area contributed by atoms with Gasteiger partial charge >= 0.3 is 0 Å². The summed E-state index contributed by atoms with van der Waals surface area (Å²) >= 11 is 9.30. The minimum absolute atomic E-state index is 0.0598. The van der Waals surface area contributed by atoms with Crippen LogP contribution in [0.4, 0.5) is 0 Å². The van der Waals surface area contributed by atoms with E-state index < -0.39 is 8.32 Å². The number of aromatic nitrogens is 1. The molecular weight excluding hydrogens is 370 g/mol. The quantitative estimate of drug-likeness (QED) is 0.459. The van der Waals surface area contributed by atoms with E-state index in [0.717, 1.165) is 16.6 Å². The second-order valence-corrected chi connectivity index (χ2v) is 12.8. The number of hydrogen-bond donors (Lipinski definition) is 0. The van der Waals surface area contributed by atoms with Crippen molar-refractivity contribution in [1.29, 1.82) is 0 Å². The first-order chi connectivity index (χ1) is 9.53. The minimum atomic E-state index is -1.68. The summed E-state index contributed by atoms with van der Waals surface area (Å²) in [5.74, 6) is 0.717. The lowest BCUT2D eigenvalue weighted by Crippen LogP contribution is -2.41. The van der Waals surface area contributed by atoms with Crippen molar-refractivity contribution in [2.75, 3.05) is 6.61 Å². The third-order valence-corrected chi connectivity index (χ3v) is 9.25. The SMILES string of the molecule is C[C@@H](CCO[Si](C)(C)C(C)(C)C)Oc1cc(Cl)ncc1Br. The maximum Gasteiger partial charge on any atom is 0.191 e. The van der Waals surface area contributed by atoms with Gasteiger partial charge in [0.2, 0.25) is 0 Å². The van der Waals surface area contributed by atoms with Crippen LogP contribution in [-0.2, 0) is 4.43 Å². The van der Waals surface area contributed by atoms with Gasteiger partial charge in [0.1, 0.15) is 10.9 Å². The fraction of sp³-hybridized carbons (Fsp3) is 0.667. The van der Waals surface area contributed by atoms with Crippen LogP contribution in [-0.4, -0.2) is 26.0 Å². The molecule has 1 atom stereocenters. The van der Waals surface area contributed by atoms with Crippen molar-refractivity contribution < 1.29 is 9.16 Å². The Labute approximate surface area is 142 Å². The van der Waals surface area contributed by atoms with Crippen molar-refractivity contribution in [2.24, 2.45) is 0 Å². The molecule has 0 aliphatic carbocycles. The zero-order chi connectivity index (χ0) is 16.3. The fourth-order valence-corrected chi connectivity index (χ4v) is 2.98. The van der Waals surface area contributed by atoms with Crippen LogP contribution < -0.4 is 4.74 Å². The number of pyridine rings is 1. The van der Waals surface area contributed by atoms with Gasteiger partial charge in [-0.3, -0.25) is 0 Å². The van der Waals surface area contributed by atoms with E-state index in [1.807, 2.05) is 6.92 Å². The van der Waals surface area contributed by atoms with Crippen LogP contribution >= 0.6 is 27.5 Å². The van der Waals surface area contributed by atoms with Crippen LogP contribution in [0.15, 0.2) is 16.7 Å². The van der Waals surface area contributed by atoms with Crippen LogP contribution in [0.2, 0.25) is 23.3 Å². The number of hydrogen-bond acceptors (Lipinski definition) is 3. The summed E-state index contributed by atoms with van der Waals surface area (Å²) in [5.41, 5.74) is 0. The van der Waals surface area contributed by atoms with Crippen LogP contribution in [0.1, 0.15) is 34.1 Å². The van der Waals surface area contributed by atoms with E-state index in [9.17, 15) is 0 Å². The van der Waals surface area contributed by atoms with Gasteiger partial charge < -0.3 is 9.16 Å². The Kier molecular flexibility index (Phi) is 6.71. The Balaban J connectivity index is 2.48. The molecule has 0 amide bonds. The van der Waals surface area contributed by atoms with E-state index in [4.69, 9.17) is 20.8 Å². The largest absolute Gasteiger partial charge is 0.489 e. The molecule has 0 aliphatic heterocycles. The van der Waals surface area contributed by atoms with Gasteiger partial charge in [0.15, 0.2) is 8.32 Å². The fourth-order valence-electron chi connectivity index (χ4n) is 1.46. The van der Waals surface area contributed by atoms with Crippen molar-refractivity contribution in [3.8, 4) is 5.75 Å². The molecule has 0 fully saturated rings. The Morgan fingerprint density at radius 3 is 2.57 bits per heavy atom. The molecule has 6 heteroatoms. The maximum absolute atomic E-state index is 6.16. The molecule has 1 rings (SSSR count). The Hall–Kier alpha value is -0.103. The molecule has 1 heterocycles. The highest BCUT2D eigenvalue weighted by atomic mass is 79.9. The molecule has 1 aromatic rings. The second kappa shape index (κ2) is 7.44. The van der Waals surface area contributed by atoms with Crippen LogP contribution in [0.3, 0.4) is 0 Å². The summed E-state index contributed by atoms with van der Waals surface area (Å²) in [5, 5.41) is 0.664. The highest BCUT2D eigenvalue weighted by Crippen LogP contribution is 2.36. The molecule has 21 heavy (non-hydrogen) atoms. The molecule has 0 saturated carbocycles. The molecular formula is C15H25BrClNO2Si. The smallest absolute Gasteiger partial charge is 0.191 e. The topological polar surface area (TPSA) is 31.4 Å². The molecule has 0 radical (unpaired) electrons. The zero-order valence-corrected chi connectivity index (χ0v) is 17.0. The van der Waals surface area contributed by atoms with Crippen molar-refractivity contribution in [3.63, 3.8) is 0 Å². The normalized spacial score (nSPS) is 14.1. The van der Waals surface area contributed by atoms with Gasteiger partial charge in [0.05, 0.1) is 10.6 Å². The molecule has 3 nitrogen and oxygen atoms in total. The third kappa shape index (κ3) is 5.89. The average Bonchev–Trinajstić information content (AvgIpc) is 2.32. The highest BCUT2D eigenvalue weighted by Gasteiger charge is 2.36. The van der Waals surface area contributed by atoms with E-state index in [1.54, 1.807) is 12.3 Å². The minimum Gasteiger partial charge on any atom is -0.489 e. The molecule has 120 valence electrons. The van der Waals surface area contributed by atoms with E-state index >= 15 is 0 Å². The zero-order valence-electron chi connectivity index (χ0n) is 13.7. The van der Waals surface area contributed by atoms with Gasteiger partial charge in [0, 0.05) is 25.3 Å². The predicted octanol–water partition coefficient (Wildman–Crippen LogP) is 5.68. The van der Waals surface area contributed by atoms with Gasteiger partial charge in [-0.1, -0.05) is 32.4 Å². The monoisotopic (exact) mass is 393 g/mol. The molecule has 0 unspecified atom stereocenters. The third-order valence-electron chi connectivity index (χ3n) is 3.91. The molecule has 1 aromatic heterocycles. The Bertz CT molecular complexity index is 477. The van der Waals surface area contributed by atoms with Crippen molar-refractivity contribution >= 4 is 35.8 Å². The summed E-state index contributed by atoms with van der Waals surface area (Å²) in [7, 11) is -1.68. The number of nitrogens with zero attached hydrogens (tertiary/aromatic N) is 1. The van der Waals surface area contributed by atoms with E-state index in [2.05, 4.69) is 54.8 Å². The van der Waals surface area contributed by atoms with Crippen LogP contribution in [0.5, 0.6) is 5.75 Å². The van der Waals surface area contributed by atoms with Crippen LogP contribution in [0, 0.1) is 0 Å². The first kappa shape index (κ1) is 18.9. The predicted molar refractivity (Wildman–Crippen MR) is 94.8 cm³/mol. The molecule has 0 spiro atoms. The van der Waals surface area contributed by atoms with Gasteiger partial charge in [0.25, 0.3) is 0 Å². The molecule has 0 N–H and O–H groups in total. The lowest BCUT2D eigenvalue weighted by atomic mass is 10.2. The van der Waals surface area contributed by atoms with E-state index in [-0.39, 0.29) is 11.1 Å². The summed E-state index contributed by atoms with van der Waals surface area (Å²) < 4.78 is 12.9. The molecule has 0 saturated heterocycles. The number of ether oxygens (including phenoxy) is 1. The Morgan fingerprint density at radius 2 is 2.00 bits per heavy atom. The Morgan fingerprint density at radius 1 is 1.38 bits per heavy atom. The van der Waals surface area contributed by atoms with E-state index in [1.165, 1.54) is 0 Å². The number of halogens is 2. The standard InChI is InChI=1S/C15H25BrClNO2Si/c1-11(7-8-19-21(5,6)15(2,3)4)20-13-9-14(17)18-10-12(13)16/h9-11H,7-8H2,1-6H3/t11-/m0/s1. The summed E-state index contributed by atoms with van der Waals surface area (Å²) in [6.07, 6.45) is 2.56. The van der Waals surface area contributed by atoms with Crippen LogP contribution in [0.25, 0.3) is 0 Å². The lowest BCUT2D eigenvalue weighted by molar-refractivity contribution is 0.170. The molecule has 0 bridgehead atoms. The van der Waals surface area contributed by atoms with Gasteiger partial charge in [-0.25, -0.2) is 4.98 Å². The molecule has 0 aromatic carbocycles. The van der Waals surface area contributed by atoms with E-state index in [0.29, 0.717) is 11.8 Å². The average molecular weight is 395 g/mol. The maximum atomic E-state index is 6.16. The summed E-state index contributed by atoms with van der Waals surface area (Å²) in [6.45, 7) is 14.0. The highest BCUT2D eigenvalue weighted by molar-refractivity contribution is 9.10. The van der Waals surface area contributed by atoms with Gasteiger partial charge in [-0.2, -0.15) is 0 Å². The van der Waals surface area contributed by atoms with Crippen molar-refractivity contribution in [1.82, 2.24) is 4.98 Å². The first-order valence-electron chi connectivity index (χ1n) is 7.14. The van der Waals surface area contributed by atoms with Gasteiger partial charge in [-0.05, 0) is 41.0 Å². The lowest BCUT2D eigenvalue weighted by Gasteiger charge is -2.36. The summed E-state index contributed by atoms with van der Waals surface area (Å²) in [4.78, 5) is 3.99. The van der Waals surface area contributed by atoms with Crippen molar-refractivity contribution in [2.45, 2.75) is 58.4 Å². The number of rotatable bonds is 6. The first-order valence-corrected chi connectivity index (χ1v) is 11.2. The van der Waals surface area contributed by atoms with Crippen molar-refractivity contribution in [3.05, 3.63) is 21.9 Å². The second-order valence-electron chi connectivity index (χ2n) is 6.76. The molecule has 0 aliphatic rings. The summed E-state index contributed by atoms with van der Waals surface area (Å²) in [6, 6.07) is 1.72.